The Balaban J connectivity index is 2.32. The number of aryl methyl sites for hydroxylation is 1. The van der Waals surface area contributed by atoms with Crippen LogP contribution >= 0.6 is 15.9 Å². The zero-order valence-electron chi connectivity index (χ0n) is 7.65. The van der Waals surface area contributed by atoms with Crippen LogP contribution in [0.2, 0.25) is 0 Å². The minimum atomic E-state index is 0.516. The fraction of sp³-hybridized carbons (Fsp3) is 0.333. The Bertz CT molecular complexity index is 437. The van der Waals surface area contributed by atoms with Crippen molar-refractivity contribution in [2.75, 3.05) is 11.1 Å². The lowest BCUT2D eigenvalue weighted by Gasteiger charge is -1.91. The molecule has 0 unspecified atom stereocenters. The summed E-state index contributed by atoms with van der Waals surface area (Å²) in [5.74, 6) is 0.516. The lowest BCUT2D eigenvalue weighted by Crippen LogP contribution is -1.95. The van der Waals surface area contributed by atoms with Gasteiger partial charge in [0.1, 0.15) is 5.82 Å². The average Bonchev–Trinajstić information content (AvgIpc) is 2.56. The van der Waals surface area contributed by atoms with Crippen LogP contribution in [0.4, 0.5) is 5.82 Å². The summed E-state index contributed by atoms with van der Waals surface area (Å²) >= 11 is 3.39. The van der Waals surface area contributed by atoms with E-state index in [1.165, 1.54) is 0 Å². The lowest BCUT2D eigenvalue weighted by atomic mass is 10.3. The zero-order valence-corrected chi connectivity index (χ0v) is 9.24. The fourth-order valence-corrected chi connectivity index (χ4v) is 1.59. The first-order chi connectivity index (χ1) is 6.79. The monoisotopic (exact) mass is 254 g/mol. The average molecular weight is 255 g/mol. The van der Waals surface area contributed by atoms with Gasteiger partial charge < -0.3 is 5.73 Å². The fourth-order valence-electron chi connectivity index (χ4n) is 1.31. The van der Waals surface area contributed by atoms with E-state index in [4.69, 9.17) is 5.73 Å². The first kappa shape index (κ1) is 9.45. The highest BCUT2D eigenvalue weighted by molar-refractivity contribution is 9.09. The number of fused-ring (bicyclic) bond motifs is 1. The summed E-state index contributed by atoms with van der Waals surface area (Å²) in [5.41, 5.74) is 7.47. The van der Waals surface area contributed by atoms with Crippen molar-refractivity contribution in [1.82, 2.24) is 14.6 Å². The molecule has 0 aliphatic rings. The summed E-state index contributed by atoms with van der Waals surface area (Å²) < 4.78 is 1.72. The van der Waals surface area contributed by atoms with Crippen molar-refractivity contribution in [1.29, 1.82) is 0 Å². The Morgan fingerprint density at radius 3 is 3.07 bits per heavy atom. The van der Waals surface area contributed by atoms with Gasteiger partial charge in [-0.15, -0.1) is 5.10 Å². The Morgan fingerprint density at radius 2 is 2.29 bits per heavy atom. The number of aromatic nitrogens is 3. The van der Waals surface area contributed by atoms with Crippen molar-refractivity contribution in [2.45, 2.75) is 12.8 Å². The van der Waals surface area contributed by atoms with Crippen molar-refractivity contribution in [3.05, 3.63) is 24.0 Å². The standard InChI is InChI=1S/C9H11BrN4/c10-5-1-2-7-6-14-9(12-7)4-3-8(11)13-14/h3-4,6H,1-2,5H2,(H2,11,13). The number of hydrogen-bond donors (Lipinski definition) is 1. The van der Waals surface area contributed by atoms with E-state index >= 15 is 0 Å². The quantitative estimate of drug-likeness (QED) is 0.848. The number of anilines is 1. The third kappa shape index (κ3) is 1.87. The molecule has 0 amide bonds. The molecule has 4 nitrogen and oxygen atoms in total. The maximum atomic E-state index is 5.57. The second kappa shape index (κ2) is 3.96. The van der Waals surface area contributed by atoms with Crippen LogP contribution in [-0.4, -0.2) is 19.9 Å². The van der Waals surface area contributed by atoms with Crippen LogP contribution in [-0.2, 0) is 6.42 Å². The highest BCUT2D eigenvalue weighted by Gasteiger charge is 2.01. The molecule has 0 aliphatic heterocycles. The SMILES string of the molecule is Nc1ccc2nc(CCCBr)cn2n1. The van der Waals surface area contributed by atoms with Gasteiger partial charge in [0, 0.05) is 5.33 Å². The van der Waals surface area contributed by atoms with E-state index in [2.05, 4.69) is 26.0 Å². The molecule has 0 aromatic carbocycles. The number of nitrogen functional groups attached to an aromatic ring is 1. The van der Waals surface area contributed by atoms with Gasteiger partial charge in [-0.25, -0.2) is 9.50 Å². The molecule has 74 valence electrons. The molecule has 2 aromatic heterocycles. The number of nitrogens with zero attached hydrogens (tertiary/aromatic N) is 3. The van der Waals surface area contributed by atoms with Gasteiger partial charge in [0.15, 0.2) is 5.65 Å². The zero-order chi connectivity index (χ0) is 9.97. The van der Waals surface area contributed by atoms with Gasteiger partial charge in [-0.1, -0.05) is 15.9 Å². The topological polar surface area (TPSA) is 56.2 Å². The third-order valence-electron chi connectivity index (χ3n) is 1.96. The maximum Gasteiger partial charge on any atom is 0.153 e. The molecule has 5 heteroatoms. The molecule has 0 spiro atoms. The van der Waals surface area contributed by atoms with Gasteiger partial charge in [0.25, 0.3) is 0 Å². The number of nitrogens with two attached hydrogens (primary N) is 1. The normalized spacial score (nSPS) is 10.9. The van der Waals surface area contributed by atoms with Crippen LogP contribution in [0.5, 0.6) is 0 Å². The minimum absolute atomic E-state index is 0.516. The Labute approximate surface area is 90.3 Å². The van der Waals surface area contributed by atoms with Crippen molar-refractivity contribution < 1.29 is 0 Å². The Hall–Kier alpha value is -1.10. The van der Waals surface area contributed by atoms with Gasteiger partial charge in [0.2, 0.25) is 0 Å². The van der Waals surface area contributed by atoms with Gasteiger partial charge in [0.05, 0.1) is 11.9 Å². The highest BCUT2D eigenvalue weighted by atomic mass is 79.9. The predicted octanol–water partition coefficient (Wildman–Crippen LogP) is 1.64. The molecule has 0 bridgehead atoms. The van der Waals surface area contributed by atoms with Gasteiger partial charge >= 0.3 is 0 Å². The molecule has 0 saturated carbocycles. The van der Waals surface area contributed by atoms with Gasteiger partial charge in [-0.2, -0.15) is 0 Å². The molecule has 2 aromatic rings. The van der Waals surface area contributed by atoms with Crippen LogP contribution < -0.4 is 5.73 Å². The number of alkyl halides is 1. The second-order valence-corrected chi connectivity index (χ2v) is 3.88. The molecule has 0 saturated heterocycles. The summed E-state index contributed by atoms with van der Waals surface area (Å²) in [7, 11) is 0. The smallest absolute Gasteiger partial charge is 0.153 e. The van der Waals surface area contributed by atoms with Crippen molar-refractivity contribution in [2.24, 2.45) is 0 Å². The summed E-state index contributed by atoms with van der Waals surface area (Å²) in [6.45, 7) is 0. The number of halogens is 1. The first-order valence-electron chi connectivity index (χ1n) is 4.46. The lowest BCUT2D eigenvalue weighted by molar-refractivity contribution is 0.899. The first-order valence-corrected chi connectivity index (χ1v) is 5.58. The van der Waals surface area contributed by atoms with E-state index in [0.717, 1.165) is 29.5 Å². The van der Waals surface area contributed by atoms with Crippen molar-refractivity contribution >= 4 is 27.4 Å². The Kier molecular flexibility index (Phi) is 2.67. The summed E-state index contributed by atoms with van der Waals surface area (Å²) in [6.07, 6.45) is 3.97. The van der Waals surface area contributed by atoms with Gasteiger partial charge in [-0.05, 0) is 25.0 Å². The Morgan fingerprint density at radius 1 is 1.43 bits per heavy atom. The molecule has 0 radical (unpaired) electrons. The minimum Gasteiger partial charge on any atom is -0.382 e. The van der Waals surface area contributed by atoms with Crippen LogP contribution in [0.15, 0.2) is 18.3 Å². The van der Waals surface area contributed by atoms with E-state index in [1.807, 2.05) is 12.3 Å². The molecular weight excluding hydrogens is 244 g/mol. The summed E-state index contributed by atoms with van der Waals surface area (Å²) in [6, 6.07) is 3.64. The molecule has 0 aliphatic carbocycles. The predicted molar refractivity (Wildman–Crippen MR) is 59.5 cm³/mol. The van der Waals surface area contributed by atoms with Crippen LogP contribution in [0.1, 0.15) is 12.1 Å². The summed E-state index contributed by atoms with van der Waals surface area (Å²) in [4.78, 5) is 4.42. The van der Waals surface area contributed by atoms with Crippen LogP contribution in [0, 0.1) is 0 Å². The number of imidazole rings is 1. The number of hydrogen-bond acceptors (Lipinski definition) is 3. The van der Waals surface area contributed by atoms with Crippen LogP contribution in [0.3, 0.4) is 0 Å². The van der Waals surface area contributed by atoms with E-state index in [0.29, 0.717) is 5.82 Å². The molecule has 2 N–H and O–H groups in total. The maximum absolute atomic E-state index is 5.57. The van der Waals surface area contributed by atoms with Gasteiger partial charge in [-0.3, -0.25) is 0 Å². The molecular formula is C9H11BrN4. The number of rotatable bonds is 3. The molecule has 0 fully saturated rings. The molecule has 2 rings (SSSR count). The third-order valence-corrected chi connectivity index (χ3v) is 2.52. The summed E-state index contributed by atoms with van der Waals surface area (Å²) in [5, 5.41) is 5.12. The van der Waals surface area contributed by atoms with E-state index < -0.39 is 0 Å². The molecule has 2 heterocycles. The second-order valence-electron chi connectivity index (χ2n) is 3.09. The van der Waals surface area contributed by atoms with E-state index in [-0.39, 0.29) is 0 Å². The molecule has 14 heavy (non-hydrogen) atoms. The van der Waals surface area contributed by atoms with Crippen molar-refractivity contribution in [3.63, 3.8) is 0 Å². The largest absolute Gasteiger partial charge is 0.382 e. The van der Waals surface area contributed by atoms with E-state index in [9.17, 15) is 0 Å². The van der Waals surface area contributed by atoms with Crippen molar-refractivity contribution in [3.8, 4) is 0 Å². The van der Waals surface area contributed by atoms with E-state index in [1.54, 1.807) is 10.6 Å². The molecule has 0 atom stereocenters. The highest BCUT2D eigenvalue weighted by Crippen LogP contribution is 2.07. The van der Waals surface area contributed by atoms with Crippen LogP contribution in [0.25, 0.3) is 5.65 Å².